The molecule has 1 aromatic carbocycles. The van der Waals surface area contributed by atoms with E-state index in [0.717, 1.165) is 6.42 Å². The monoisotopic (exact) mass is 203 g/mol. The van der Waals surface area contributed by atoms with Gasteiger partial charge in [0.1, 0.15) is 0 Å². The average molecular weight is 203 g/mol. The van der Waals surface area contributed by atoms with E-state index in [4.69, 9.17) is 5.73 Å². The van der Waals surface area contributed by atoms with Crippen molar-refractivity contribution in [2.75, 3.05) is 0 Å². The van der Waals surface area contributed by atoms with Gasteiger partial charge in [0.25, 0.3) is 0 Å². The standard InChI is InChI=1S/C14H21N/c1-9-7-13(8-14(15)5-6-14)12(4)11(3)10(9)2/h7H,5-6,8,15H2,1-4H3. The molecule has 0 aliphatic heterocycles. The highest BCUT2D eigenvalue weighted by molar-refractivity contribution is 5.44. The van der Waals surface area contributed by atoms with Crippen molar-refractivity contribution in [2.24, 2.45) is 5.73 Å². The van der Waals surface area contributed by atoms with Crippen molar-refractivity contribution in [3.63, 3.8) is 0 Å². The molecule has 0 unspecified atom stereocenters. The second-order valence-electron chi connectivity index (χ2n) is 5.27. The molecule has 0 atom stereocenters. The van der Waals surface area contributed by atoms with Crippen LogP contribution in [0.3, 0.4) is 0 Å². The Balaban J connectivity index is 2.39. The van der Waals surface area contributed by atoms with Crippen molar-refractivity contribution in [1.29, 1.82) is 0 Å². The molecule has 2 rings (SSSR count). The van der Waals surface area contributed by atoms with Crippen LogP contribution in [0, 0.1) is 27.7 Å². The van der Waals surface area contributed by atoms with Gasteiger partial charge in [-0.15, -0.1) is 0 Å². The zero-order valence-corrected chi connectivity index (χ0v) is 10.3. The van der Waals surface area contributed by atoms with Gasteiger partial charge in [-0.05, 0) is 74.8 Å². The molecule has 0 amide bonds. The molecule has 82 valence electrons. The van der Waals surface area contributed by atoms with Gasteiger partial charge in [0, 0.05) is 5.54 Å². The molecule has 0 saturated heterocycles. The van der Waals surface area contributed by atoms with Gasteiger partial charge in [0.15, 0.2) is 0 Å². The minimum Gasteiger partial charge on any atom is -0.325 e. The fourth-order valence-electron chi connectivity index (χ4n) is 2.20. The van der Waals surface area contributed by atoms with E-state index in [-0.39, 0.29) is 5.54 Å². The molecule has 0 aromatic heterocycles. The molecule has 0 bridgehead atoms. The summed E-state index contributed by atoms with van der Waals surface area (Å²) in [4.78, 5) is 0. The van der Waals surface area contributed by atoms with Crippen molar-refractivity contribution in [1.82, 2.24) is 0 Å². The Morgan fingerprint density at radius 3 is 2.20 bits per heavy atom. The summed E-state index contributed by atoms with van der Waals surface area (Å²) in [5.74, 6) is 0. The van der Waals surface area contributed by atoms with Crippen LogP contribution in [0.25, 0.3) is 0 Å². The van der Waals surface area contributed by atoms with E-state index in [1.807, 2.05) is 0 Å². The minimum atomic E-state index is 0.124. The SMILES string of the molecule is Cc1cc(CC2(N)CC2)c(C)c(C)c1C. The third kappa shape index (κ3) is 1.93. The van der Waals surface area contributed by atoms with Crippen LogP contribution in [-0.4, -0.2) is 5.54 Å². The van der Waals surface area contributed by atoms with E-state index >= 15 is 0 Å². The van der Waals surface area contributed by atoms with Crippen LogP contribution in [0.2, 0.25) is 0 Å². The summed E-state index contributed by atoms with van der Waals surface area (Å²) in [5.41, 5.74) is 13.5. The zero-order chi connectivity index (χ0) is 11.2. The van der Waals surface area contributed by atoms with Crippen LogP contribution >= 0.6 is 0 Å². The Labute approximate surface area is 92.7 Å². The van der Waals surface area contributed by atoms with Gasteiger partial charge < -0.3 is 5.73 Å². The molecule has 1 saturated carbocycles. The number of benzene rings is 1. The Bertz CT molecular complexity index is 400. The van der Waals surface area contributed by atoms with Crippen molar-refractivity contribution in [3.05, 3.63) is 33.9 Å². The second-order valence-corrected chi connectivity index (χ2v) is 5.27. The highest BCUT2D eigenvalue weighted by atomic mass is 14.8. The quantitative estimate of drug-likeness (QED) is 0.785. The maximum atomic E-state index is 6.19. The van der Waals surface area contributed by atoms with Gasteiger partial charge in [0.05, 0.1) is 0 Å². The first-order chi connectivity index (χ1) is 6.93. The van der Waals surface area contributed by atoms with Crippen LogP contribution in [0.4, 0.5) is 0 Å². The normalized spacial score (nSPS) is 17.9. The molecule has 1 aliphatic carbocycles. The summed E-state index contributed by atoms with van der Waals surface area (Å²) >= 11 is 0. The summed E-state index contributed by atoms with van der Waals surface area (Å²) in [6.45, 7) is 8.85. The predicted octanol–water partition coefficient (Wildman–Crippen LogP) is 2.95. The van der Waals surface area contributed by atoms with Crippen LogP contribution in [0.15, 0.2) is 6.07 Å². The van der Waals surface area contributed by atoms with Crippen molar-refractivity contribution in [2.45, 2.75) is 52.5 Å². The van der Waals surface area contributed by atoms with E-state index in [1.165, 1.54) is 40.7 Å². The molecule has 0 spiro atoms. The Hall–Kier alpha value is -0.820. The predicted molar refractivity (Wildman–Crippen MR) is 65.2 cm³/mol. The third-order valence-corrected chi connectivity index (χ3v) is 4.02. The van der Waals surface area contributed by atoms with Crippen LogP contribution < -0.4 is 5.73 Å². The molecule has 1 aromatic rings. The summed E-state index contributed by atoms with van der Waals surface area (Å²) < 4.78 is 0. The van der Waals surface area contributed by atoms with Gasteiger partial charge >= 0.3 is 0 Å². The highest BCUT2D eigenvalue weighted by Crippen LogP contribution is 2.37. The fourth-order valence-corrected chi connectivity index (χ4v) is 2.20. The van der Waals surface area contributed by atoms with E-state index in [0.29, 0.717) is 0 Å². The molecular formula is C14H21N. The van der Waals surface area contributed by atoms with Gasteiger partial charge in [-0.3, -0.25) is 0 Å². The minimum absolute atomic E-state index is 0.124. The third-order valence-electron chi connectivity index (χ3n) is 4.02. The maximum Gasteiger partial charge on any atom is 0.0196 e. The zero-order valence-electron chi connectivity index (χ0n) is 10.3. The Morgan fingerprint density at radius 1 is 1.07 bits per heavy atom. The fraction of sp³-hybridized carbons (Fsp3) is 0.571. The van der Waals surface area contributed by atoms with Gasteiger partial charge in [-0.2, -0.15) is 0 Å². The van der Waals surface area contributed by atoms with Crippen molar-refractivity contribution < 1.29 is 0 Å². The largest absolute Gasteiger partial charge is 0.325 e. The van der Waals surface area contributed by atoms with E-state index in [2.05, 4.69) is 33.8 Å². The van der Waals surface area contributed by atoms with Crippen LogP contribution in [0.1, 0.15) is 40.7 Å². The number of hydrogen-bond acceptors (Lipinski definition) is 1. The topological polar surface area (TPSA) is 26.0 Å². The van der Waals surface area contributed by atoms with E-state index in [1.54, 1.807) is 0 Å². The van der Waals surface area contributed by atoms with Crippen molar-refractivity contribution in [3.8, 4) is 0 Å². The molecule has 0 heterocycles. The number of aryl methyl sites for hydroxylation is 1. The van der Waals surface area contributed by atoms with E-state index < -0.39 is 0 Å². The van der Waals surface area contributed by atoms with Crippen molar-refractivity contribution >= 4 is 0 Å². The first-order valence-electron chi connectivity index (χ1n) is 5.78. The highest BCUT2D eigenvalue weighted by Gasteiger charge is 2.38. The number of nitrogens with two attached hydrogens (primary N) is 1. The van der Waals surface area contributed by atoms with Crippen LogP contribution in [-0.2, 0) is 6.42 Å². The van der Waals surface area contributed by atoms with Gasteiger partial charge in [-0.1, -0.05) is 6.07 Å². The maximum absolute atomic E-state index is 6.19. The summed E-state index contributed by atoms with van der Waals surface area (Å²) in [5, 5.41) is 0. The molecule has 2 N–H and O–H groups in total. The molecule has 1 fully saturated rings. The lowest BCUT2D eigenvalue weighted by Gasteiger charge is -2.17. The van der Waals surface area contributed by atoms with Gasteiger partial charge in [-0.25, -0.2) is 0 Å². The average Bonchev–Trinajstić information content (AvgIpc) is 2.89. The molecule has 1 aliphatic rings. The smallest absolute Gasteiger partial charge is 0.0196 e. The van der Waals surface area contributed by atoms with Gasteiger partial charge in [0.2, 0.25) is 0 Å². The molecular weight excluding hydrogens is 182 g/mol. The number of rotatable bonds is 2. The summed E-state index contributed by atoms with van der Waals surface area (Å²) in [7, 11) is 0. The van der Waals surface area contributed by atoms with E-state index in [9.17, 15) is 0 Å². The first-order valence-corrected chi connectivity index (χ1v) is 5.78. The molecule has 1 nitrogen and oxygen atoms in total. The molecule has 0 radical (unpaired) electrons. The number of hydrogen-bond donors (Lipinski definition) is 1. The molecule has 15 heavy (non-hydrogen) atoms. The molecule has 1 heteroatoms. The van der Waals surface area contributed by atoms with Crippen LogP contribution in [0.5, 0.6) is 0 Å². The second kappa shape index (κ2) is 3.34. The Morgan fingerprint density at radius 2 is 1.67 bits per heavy atom. The lowest BCUT2D eigenvalue weighted by atomic mass is 9.91. The lowest BCUT2D eigenvalue weighted by molar-refractivity contribution is 0.668. The Kier molecular flexibility index (Phi) is 2.38. The lowest BCUT2D eigenvalue weighted by Crippen LogP contribution is -2.25. The summed E-state index contributed by atoms with van der Waals surface area (Å²) in [6, 6.07) is 2.32. The summed E-state index contributed by atoms with van der Waals surface area (Å²) in [6.07, 6.45) is 3.44. The first kappa shape index (κ1) is 10.7.